The van der Waals surface area contributed by atoms with E-state index in [0.717, 1.165) is 56.0 Å². The number of hydrogen-bond acceptors (Lipinski definition) is 4. The van der Waals surface area contributed by atoms with E-state index in [1.165, 1.54) is 22.3 Å². The molecule has 0 N–H and O–H groups in total. The Balaban J connectivity index is 0.000000247. The second-order valence-corrected chi connectivity index (χ2v) is 33.0. The Morgan fingerprint density at radius 2 is 0.471 bits per heavy atom. The number of hydrogen-bond donors (Lipinski definition) is 0. The van der Waals surface area contributed by atoms with Crippen molar-refractivity contribution in [3.05, 3.63) is 292 Å². The molecule has 0 aromatic heterocycles. The van der Waals surface area contributed by atoms with Gasteiger partial charge in [0.15, 0.2) is 0 Å². The number of rotatable bonds is 14. The molecule has 0 aliphatic heterocycles. The van der Waals surface area contributed by atoms with Crippen LogP contribution < -0.4 is 21.2 Å². The molecular formula is C58H56Au2N2P2S4-4. The number of thiocarbonyl (C=S) groups is 2. The van der Waals surface area contributed by atoms with Crippen LogP contribution in [0.2, 0.25) is 0 Å². The third kappa shape index (κ3) is 14.4. The number of benzene rings is 8. The average Bonchev–Trinajstić information content (AvgIpc) is 3.36. The Kier molecular flexibility index (Phi) is 20.9. The topological polar surface area (TPSA) is 6.48 Å². The van der Waals surface area contributed by atoms with Crippen LogP contribution >= 0.6 is 58.8 Å². The van der Waals surface area contributed by atoms with Gasteiger partial charge in [-0.3, -0.25) is 0 Å². The van der Waals surface area contributed by atoms with Crippen LogP contribution in [0.3, 0.4) is 0 Å². The molecule has 0 unspecified atom stereocenters. The van der Waals surface area contributed by atoms with Crippen LogP contribution in [-0.2, 0) is 70.9 Å². The summed E-state index contributed by atoms with van der Waals surface area (Å²) in [6, 6.07) is 83.6. The molecular weight excluding hydrogens is 1310 g/mol. The van der Waals surface area contributed by atoms with Crippen molar-refractivity contribution < 1.29 is 44.8 Å². The van der Waals surface area contributed by atoms with Gasteiger partial charge in [-0.2, -0.15) is 0 Å². The van der Waals surface area contributed by atoms with E-state index in [-0.39, 0.29) is 44.8 Å². The zero-order valence-corrected chi connectivity index (χ0v) is 47.2. The van der Waals surface area contributed by atoms with Crippen LogP contribution in [0.5, 0.6) is 0 Å². The molecule has 0 aliphatic carbocycles. The summed E-state index contributed by atoms with van der Waals surface area (Å²) in [5.41, 5.74) is 4.90. The van der Waals surface area contributed by atoms with Crippen molar-refractivity contribution in [3.63, 3.8) is 0 Å². The fourth-order valence-electron chi connectivity index (χ4n) is 7.68. The van der Waals surface area contributed by atoms with E-state index in [4.69, 9.17) is 51.1 Å². The van der Waals surface area contributed by atoms with Crippen LogP contribution in [-0.4, -0.2) is 18.4 Å². The van der Waals surface area contributed by atoms with E-state index in [0.29, 0.717) is 0 Å². The molecule has 2 nitrogen and oxygen atoms in total. The second kappa shape index (κ2) is 25.6. The summed E-state index contributed by atoms with van der Waals surface area (Å²) in [5.74, 6) is -6.27. The van der Waals surface area contributed by atoms with Crippen LogP contribution in [0.15, 0.2) is 243 Å². The summed E-state index contributed by atoms with van der Waals surface area (Å²) in [7, 11) is 0. The second-order valence-electron chi connectivity index (χ2n) is 16.5. The molecule has 2 radical (unpaired) electrons. The van der Waals surface area contributed by atoms with Crippen molar-refractivity contribution in [1.82, 2.24) is 9.80 Å². The molecule has 10 heteroatoms. The zero-order valence-electron chi connectivity index (χ0n) is 37.8. The molecule has 8 aromatic rings. The predicted molar refractivity (Wildman–Crippen MR) is 304 cm³/mol. The van der Waals surface area contributed by atoms with Gasteiger partial charge in [0.25, 0.3) is 0 Å². The van der Waals surface area contributed by atoms with E-state index in [1.54, 1.807) is 22.8 Å². The maximum absolute atomic E-state index is 6.14. The van der Waals surface area contributed by atoms with Gasteiger partial charge in [0.2, 0.25) is 0 Å². The first-order valence-corrected chi connectivity index (χ1v) is 30.6. The Hall–Kier alpha value is -3.42. The minimum atomic E-state index is -3.13. The van der Waals surface area contributed by atoms with Gasteiger partial charge in [-0.1, -0.05) is 0 Å². The number of nitrogens with zero attached hydrogens (tertiary/aromatic N) is 2. The van der Waals surface area contributed by atoms with E-state index in [2.05, 4.69) is 204 Å². The van der Waals surface area contributed by atoms with Gasteiger partial charge in [0, 0.05) is 44.8 Å². The van der Waals surface area contributed by atoms with Crippen molar-refractivity contribution in [2.45, 2.75) is 26.2 Å². The molecule has 0 amide bonds. The van der Waals surface area contributed by atoms with Crippen molar-refractivity contribution in [3.8, 4) is 0 Å². The Labute approximate surface area is 456 Å². The molecule has 8 rings (SSSR count). The maximum atomic E-state index is 6.14. The molecule has 8 aromatic carbocycles. The van der Waals surface area contributed by atoms with Gasteiger partial charge in [0.1, 0.15) is 0 Å². The molecule has 0 fully saturated rings. The summed E-state index contributed by atoms with van der Waals surface area (Å²) < 4.78 is 1.64. The Morgan fingerprint density at radius 3 is 0.647 bits per heavy atom. The van der Waals surface area contributed by atoms with Gasteiger partial charge in [0.05, 0.1) is 0 Å². The zero-order chi connectivity index (χ0) is 46.3. The molecule has 0 saturated carbocycles. The van der Waals surface area contributed by atoms with E-state index >= 15 is 0 Å². The molecule has 0 aliphatic rings. The molecule has 0 saturated heterocycles. The monoisotopic (exact) mass is 1360 g/mol. The third-order valence-electron chi connectivity index (χ3n) is 11.4. The van der Waals surface area contributed by atoms with Crippen molar-refractivity contribution in [1.29, 1.82) is 0 Å². The quantitative estimate of drug-likeness (QED) is 0.0460. The first kappa shape index (κ1) is 55.5. The summed E-state index contributed by atoms with van der Waals surface area (Å²) in [6.07, 6.45) is 0. The predicted octanol–water partition coefficient (Wildman–Crippen LogP) is 14.8. The summed E-state index contributed by atoms with van der Waals surface area (Å²) >= 11 is 15.6. The first-order valence-electron chi connectivity index (χ1n) is 21.8. The molecule has 68 heavy (non-hydrogen) atoms. The van der Waals surface area contributed by atoms with Gasteiger partial charge in [-0.05, 0) is 0 Å². The van der Waals surface area contributed by atoms with Crippen molar-refractivity contribution >= 4 is 88.7 Å². The van der Waals surface area contributed by atoms with Crippen LogP contribution in [0.1, 0.15) is 22.3 Å². The van der Waals surface area contributed by atoms with Gasteiger partial charge in [-0.25, -0.2) is 0 Å². The van der Waals surface area contributed by atoms with Crippen molar-refractivity contribution in [2.24, 2.45) is 0 Å². The fourth-order valence-corrected chi connectivity index (χ4v) is 22.6. The SMILES string of the molecule is [Au].[Au].[CH2-]P([CH2-])(SC(=S)N(Cc1ccccc1)Cc1ccccc1)(c1ccccc1)c1ccccc1.[CH2-]P([CH2-])(SC(=S)N(Cc1ccccc1)Cc1ccccc1)(c1ccccc1)c1ccccc1. The minimum absolute atomic E-state index is 0. The average molecular weight is 1370 g/mol. The fraction of sp³-hybridized carbons (Fsp3) is 0.0690. The summed E-state index contributed by atoms with van der Waals surface area (Å²) in [4.78, 5) is 4.54. The third-order valence-corrected chi connectivity index (χ3v) is 27.1. The summed E-state index contributed by atoms with van der Waals surface area (Å²) in [6.45, 7) is 22.3. The van der Waals surface area contributed by atoms with Gasteiger partial charge >= 0.3 is 416 Å². The molecule has 0 atom stereocenters. The van der Waals surface area contributed by atoms with Gasteiger partial charge in [-0.15, -0.1) is 0 Å². The summed E-state index contributed by atoms with van der Waals surface area (Å²) in [5, 5.41) is 4.56. The van der Waals surface area contributed by atoms with Gasteiger partial charge < -0.3 is 0 Å². The molecule has 0 bridgehead atoms. The van der Waals surface area contributed by atoms with Crippen molar-refractivity contribution in [2.75, 3.05) is 0 Å². The van der Waals surface area contributed by atoms with Crippen LogP contribution in [0, 0.1) is 26.7 Å². The molecule has 0 heterocycles. The van der Waals surface area contributed by atoms with E-state index in [1.807, 2.05) is 48.5 Å². The Morgan fingerprint density at radius 1 is 0.309 bits per heavy atom. The van der Waals surface area contributed by atoms with Crippen LogP contribution in [0.25, 0.3) is 0 Å². The Bertz CT molecular complexity index is 2400. The van der Waals surface area contributed by atoms with Crippen LogP contribution in [0.4, 0.5) is 0 Å². The molecule has 358 valence electrons. The standard InChI is InChI=1S/2C29H28NPS2.2Au/c2*1-31(2,27-19-11-5-12-20-27,28-21-13-6-14-22-28)33-29(32)30(23-25-15-7-3-8-16-25)24-26-17-9-4-10-18-26;;/h2*3-22H,1-2,23-24H2;;/q2*-2;;. The van der Waals surface area contributed by atoms with E-state index in [9.17, 15) is 0 Å². The molecule has 0 spiro atoms. The van der Waals surface area contributed by atoms with E-state index < -0.39 is 11.6 Å². The normalized spacial score (nSPS) is 12.1. The first-order chi connectivity index (χ1) is 31.9.